The monoisotopic (exact) mass is 157 g/mol. The molecule has 0 radical (unpaired) electrons. The minimum atomic E-state index is 0.0656. The van der Waals surface area contributed by atoms with Crippen LogP contribution in [0.4, 0.5) is 0 Å². The molecule has 0 aromatic carbocycles. The summed E-state index contributed by atoms with van der Waals surface area (Å²) in [4.78, 5) is 0. The van der Waals surface area contributed by atoms with Crippen molar-refractivity contribution in [3.05, 3.63) is 0 Å². The summed E-state index contributed by atoms with van der Waals surface area (Å²) in [7, 11) is 0. The highest BCUT2D eigenvalue weighted by molar-refractivity contribution is 4.73. The van der Waals surface area contributed by atoms with Crippen LogP contribution in [0.3, 0.4) is 0 Å². The summed E-state index contributed by atoms with van der Waals surface area (Å²) in [6.07, 6.45) is 3.22. The van der Waals surface area contributed by atoms with Crippen LogP contribution in [0, 0.1) is 17.8 Å². The second kappa shape index (κ2) is 4.10. The van der Waals surface area contributed by atoms with Gasteiger partial charge in [0.15, 0.2) is 0 Å². The van der Waals surface area contributed by atoms with Gasteiger partial charge in [0, 0.05) is 7.98 Å². The van der Waals surface area contributed by atoms with E-state index in [0.717, 1.165) is 19.3 Å². The first-order valence-corrected chi connectivity index (χ1v) is 4.68. The fraction of sp³-hybridized carbons (Fsp3) is 1.00. The van der Waals surface area contributed by atoms with E-state index in [4.69, 9.17) is 6.48 Å². The molecule has 1 rings (SSSR count). The van der Waals surface area contributed by atoms with Crippen LogP contribution in [0.25, 0.3) is 0 Å². The number of hydrogen-bond donors (Lipinski definition) is 1. The average Bonchev–Trinajstić information content (AvgIpc) is 2.03. The number of hydrogen-bond acceptors (Lipinski definition) is 1. The molecule has 1 aliphatic rings. The van der Waals surface area contributed by atoms with Gasteiger partial charge < -0.3 is 5.11 Å². The Morgan fingerprint density at radius 1 is 1.45 bits per heavy atom. The van der Waals surface area contributed by atoms with Crippen molar-refractivity contribution < 1.29 is 6.48 Å². The molecule has 66 valence electrons. The largest absolute Gasteiger partial charge is 0.396 e. The van der Waals surface area contributed by atoms with Gasteiger partial charge in [0.1, 0.15) is 0 Å². The van der Waals surface area contributed by atoms with Gasteiger partial charge in [-0.25, -0.2) is 0 Å². The van der Waals surface area contributed by atoms with E-state index in [1.54, 1.807) is 0 Å². The minimum Gasteiger partial charge on any atom is -0.396 e. The normalized spacial score (nSPS) is 40.7. The lowest BCUT2D eigenvalue weighted by atomic mass is 9.77. The summed E-state index contributed by atoms with van der Waals surface area (Å²) in [5.74, 6) is 1.60. The predicted octanol–water partition coefficient (Wildman–Crippen LogP) is 2.44. The molecule has 0 aliphatic heterocycles. The van der Waals surface area contributed by atoms with Crippen molar-refractivity contribution in [3.63, 3.8) is 0 Å². The van der Waals surface area contributed by atoms with Crippen LogP contribution < -0.4 is 0 Å². The molecule has 0 saturated heterocycles. The van der Waals surface area contributed by atoms with Gasteiger partial charge in [-0.05, 0) is 43.4 Å². The number of aliphatic hydroxyl groups is 1. The SMILES string of the molecule is [2H]C1CC(CO)CCC1C(C)C. The van der Waals surface area contributed by atoms with Crippen LogP contribution in [0.2, 0.25) is 0 Å². The van der Waals surface area contributed by atoms with Gasteiger partial charge in [0.25, 0.3) is 0 Å². The number of aliphatic hydroxyl groups excluding tert-OH is 1. The van der Waals surface area contributed by atoms with Crippen molar-refractivity contribution in [1.82, 2.24) is 0 Å². The van der Waals surface area contributed by atoms with E-state index in [9.17, 15) is 0 Å². The summed E-state index contributed by atoms with van der Waals surface area (Å²) < 4.78 is 7.88. The average molecular weight is 157 g/mol. The van der Waals surface area contributed by atoms with Crippen molar-refractivity contribution in [2.24, 2.45) is 17.8 Å². The first-order chi connectivity index (χ1) is 5.65. The van der Waals surface area contributed by atoms with Crippen LogP contribution in [-0.2, 0) is 0 Å². The Hall–Kier alpha value is -0.0400. The molecule has 0 aromatic rings. The van der Waals surface area contributed by atoms with E-state index in [1.807, 2.05) is 0 Å². The molecule has 0 amide bonds. The summed E-state index contributed by atoms with van der Waals surface area (Å²) in [5, 5.41) is 8.95. The van der Waals surface area contributed by atoms with Gasteiger partial charge in [-0.15, -0.1) is 0 Å². The molecule has 1 fully saturated rings. The van der Waals surface area contributed by atoms with Crippen LogP contribution in [0.15, 0.2) is 0 Å². The molecule has 11 heavy (non-hydrogen) atoms. The van der Waals surface area contributed by atoms with Crippen LogP contribution >= 0.6 is 0 Å². The van der Waals surface area contributed by atoms with E-state index in [-0.39, 0.29) is 13.0 Å². The van der Waals surface area contributed by atoms with E-state index in [0.29, 0.717) is 17.8 Å². The topological polar surface area (TPSA) is 20.2 Å². The van der Waals surface area contributed by atoms with Gasteiger partial charge >= 0.3 is 0 Å². The molecular weight excluding hydrogens is 136 g/mol. The van der Waals surface area contributed by atoms with E-state index in [1.165, 1.54) is 0 Å². The Balaban J connectivity index is 2.42. The third-order valence-electron chi connectivity index (χ3n) is 2.79. The molecule has 0 heterocycles. The zero-order valence-electron chi connectivity index (χ0n) is 8.59. The highest BCUT2D eigenvalue weighted by Crippen LogP contribution is 2.32. The number of rotatable bonds is 2. The summed E-state index contributed by atoms with van der Waals surface area (Å²) in [6.45, 7) is 4.68. The standard InChI is InChI=1S/C10H20O/c1-8(2)10-5-3-9(7-11)4-6-10/h8-11H,3-7H2,1-2H3/i5D. The molecule has 0 aromatic heterocycles. The van der Waals surface area contributed by atoms with E-state index in [2.05, 4.69) is 13.8 Å². The lowest BCUT2D eigenvalue weighted by Crippen LogP contribution is -2.20. The minimum absolute atomic E-state index is 0.0656. The van der Waals surface area contributed by atoms with Crippen molar-refractivity contribution >= 4 is 0 Å². The van der Waals surface area contributed by atoms with Gasteiger partial charge in [0.2, 0.25) is 0 Å². The third kappa shape index (κ3) is 2.48. The maximum Gasteiger partial charge on any atom is 0.0459 e. The maximum absolute atomic E-state index is 8.95. The Kier molecular flexibility index (Phi) is 2.84. The molecule has 3 unspecified atom stereocenters. The zero-order valence-corrected chi connectivity index (χ0v) is 7.59. The van der Waals surface area contributed by atoms with Crippen molar-refractivity contribution in [3.8, 4) is 0 Å². The van der Waals surface area contributed by atoms with Crippen molar-refractivity contribution in [2.75, 3.05) is 6.61 Å². The highest BCUT2D eigenvalue weighted by Gasteiger charge is 2.22. The second-order valence-electron chi connectivity index (χ2n) is 4.01. The fourth-order valence-electron chi connectivity index (χ4n) is 1.80. The van der Waals surface area contributed by atoms with E-state index < -0.39 is 0 Å². The Labute approximate surface area is 71.2 Å². The first-order valence-electron chi connectivity index (χ1n) is 5.26. The molecule has 1 N–H and O–H groups in total. The molecule has 0 bridgehead atoms. The summed E-state index contributed by atoms with van der Waals surface area (Å²) in [5.41, 5.74) is 0. The predicted molar refractivity (Wildman–Crippen MR) is 47.4 cm³/mol. The maximum atomic E-state index is 8.95. The van der Waals surface area contributed by atoms with Crippen LogP contribution in [0.5, 0.6) is 0 Å². The second-order valence-corrected chi connectivity index (χ2v) is 4.01. The Morgan fingerprint density at radius 3 is 2.64 bits per heavy atom. The quantitative estimate of drug-likeness (QED) is 0.652. The fourth-order valence-corrected chi connectivity index (χ4v) is 1.80. The highest BCUT2D eigenvalue weighted by atomic mass is 16.3. The van der Waals surface area contributed by atoms with Crippen molar-refractivity contribution in [1.29, 1.82) is 0 Å². The zero-order chi connectivity index (χ0) is 9.14. The van der Waals surface area contributed by atoms with Crippen LogP contribution in [-0.4, -0.2) is 11.7 Å². The Bertz CT molecular complexity index is 136. The summed E-state index contributed by atoms with van der Waals surface area (Å²) >= 11 is 0. The molecule has 1 saturated carbocycles. The lowest BCUT2D eigenvalue weighted by Gasteiger charge is -2.29. The smallest absolute Gasteiger partial charge is 0.0459 e. The molecule has 1 heteroatoms. The molecular formula is C10H20O. The lowest BCUT2D eigenvalue weighted by molar-refractivity contribution is 0.151. The third-order valence-corrected chi connectivity index (χ3v) is 2.79. The molecule has 1 nitrogen and oxygen atoms in total. The van der Waals surface area contributed by atoms with Gasteiger partial charge in [0.05, 0.1) is 0 Å². The molecule has 3 atom stereocenters. The molecule has 1 aliphatic carbocycles. The van der Waals surface area contributed by atoms with Gasteiger partial charge in [-0.3, -0.25) is 0 Å². The van der Waals surface area contributed by atoms with Crippen molar-refractivity contribution in [2.45, 2.75) is 39.5 Å². The first kappa shape index (κ1) is 7.60. The summed E-state index contributed by atoms with van der Waals surface area (Å²) in [6, 6.07) is 0. The Morgan fingerprint density at radius 2 is 2.18 bits per heavy atom. The van der Waals surface area contributed by atoms with Gasteiger partial charge in [-0.1, -0.05) is 13.8 Å². The molecule has 0 spiro atoms. The van der Waals surface area contributed by atoms with Gasteiger partial charge in [-0.2, -0.15) is 0 Å². The van der Waals surface area contributed by atoms with Crippen LogP contribution in [0.1, 0.15) is 40.9 Å². The van der Waals surface area contributed by atoms with E-state index >= 15 is 0 Å².